The normalized spacial score (nSPS) is 19.3. The van der Waals surface area contributed by atoms with Gasteiger partial charge in [-0.25, -0.2) is 8.78 Å². The molecule has 1 saturated carbocycles. The van der Waals surface area contributed by atoms with Gasteiger partial charge in [0.1, 0.15) is 11.6 Å². The van der Waals surface area contributed by atoms with Crippen molar-refractivity contribution in [3.63, 3.8) is 0 Å². The zero-order chi connectivity index (χ0) is 13.2. The van der Waals surface area contributed by atoms with Crippen molar-refractivity contribution in [3.8, 4) is 0 Å². The van der Waals surface area contributed by atoms with Crippen LogP contribution in [-0.2, 0) is 0 Å². The molecular formula is C14H20F2N2. The summed E-state index contributed by atoms with van der Waals surface area (Å²) in [5.74, 6) is -0.719. The van der Waals surface area contributed by atoms with Crippen LogP contribution in [0.1, 0.15) is 30.9 Å². The van der Waals surface area contributed by atoms with Gasteiger partial charge in [0, 0.05) is 23.6 Å². The molecule has 1 aromatic rings. The van der Waals surface area contributed by atoms with Gasteiger partial charge in [0.2, 0.25) is 0 Å². The second-order valence-electron chi connectivity index (χ2n) is 5.13. The van der Waals surface area contributed by atoms with Gasteiger partial charge in [0.25, 0.3) is 0 Å². The molecule has 100 valence electrons. The van der Waals surface area contributed by atoms with Crippen LogP contribution in [0.2, 0.25) is 0 Å². The average Bonchev–Trinajstić information content (AvgIpc) is 2.31. The van der Waals surface area contributed by atoms with Crippen LogP contribution in [0.4, 0.5) is 8.78 Å². The van der Waals surface area contributed by atoms with E-state index in [-0.39, 0.29) is 23.1 Å². The molecule has 1 aliphatic rings. The summed E-state index contributed by atoms with van der Waals surface area (Å²) in [4.78, 5) is 0. The lowest BCUT2D eigenvalue weighted by Crippen LogP contribution is -2.48. The minimum Gasteiger partial charge on any atom is -0.319 e. The predicted octanol–water partition coefficient (Wildman–Crippen LogP) is 2.62. The summed E-state index contributed by atoms with van der Waals surface area (Å²) in [7, 11) is 3.71. The van der Waals surface area contributed by atoms with Gasteiger partial charge in [-0.05, 0) is 45.1 Å². The second-order valence-corrected chi connectivity index (χ2v) is 5.13. The van der Waals surface area contributed by atoms with Gasteiger partial charge in [-0.1, -0.05) is 6.42 Å². The zero-order valence-electron chi connectivity index (χ0n) is 10.9. The highest BCUT2D eigenvalue weighted by Gasteiger charge is 2.44. The van der Waals surface area contributed by atoms with E-state index in [1.165, 1.54) is 12.1 Å². The molecule has 18 heavy (non-hydrogen) atoms. The first-order valence-electron chi connectivity index (χ1n) is 6.40. The molecule has 0 bridgehead atoms. The highest BCUT2D eigenvalue weighted by Crippen LogP contribution is 2.50. The number of benzene rings is 1. The maximum absolute atomic E-state index is 13.9. The smallest absolute Gasteiger partial charge is 0.128 e. The van der Waals surface area contributed by atoms with Gasteiger partial charge in [-0.3, -0.25) is 0 Å². The Kier molecular flexibility index (Phi) is 3.97. The van der Waals surface area contributed by atoms with Crippen LogP contribution >= 0.6 is 0 Å². The zero-order valence-corrected chi connectivity index (χ0v) is 10.9. The topological polar surface area (TPSA) is 24.1 Å². The monoisotopic (exact) mass is 254 g/mol. The van der Waals surface area contributed by atoms with Gasteiger partial charge in [-0.2, -0.15) is 0 Å². The van der Waals surface area contributed by atoms with Crippen LogP contribution in [0.5, 0.6) is 0 Å². The van der Waals surface area contributed by atoms with Crippen molar-refractivity contribution >= 4 is 0 Å². The lowest BCUT2D eigenvalue weighted by molar-refractivity contribution is 0.0769. The van der Waals surface area contributed by atoms with Crippen molar-refractivity contribution in [3.05, 3.63) is 35.4 Å². The van der Waals surface area contributed by atoms with Crippen LogP contribution in [-0.4, -0.2) is 20.6 Å². The summed E-state index contributed by atoms with van der Waals surface area (Å²) in [6.07, 6.45) is 3.22. The molecule has 2 rings (SSSR count). The van der Waals surface area contributed by atoms with E-state index in [2.05, 4.69) is 10.6 Å². The van der Waals surface area contributed by atoms with Gasteiger partial charge in [-0.15, -0.1) is 0 Å². The second kappa shape index (κ2) is 5.33. The van der Waals surface area contributed by atoms with Crippen LogP contribution in [0, 0.1) is 17.0 Å². The third kappa shape index (κ3) is 2.27. The first-order valence-corrected chi connectivity index (χ1v) is 6.40. The summed E-state index contributed by atoms with van der Waals surface area (Å²) in [6, 6.07) is 3.54. The number of nitrogens with one attached hydrogen (secondary N) is 2. The largest absolute Gasteiger partial charge is 0.319 e. The Morgan fingerprint density at radius 2 is 2.00 bits per heavy atom. The van der Waals surface area contributed by atoms with Crippen molar-refractivity contribution in [1.29, 1.82) is 0 Å². The molecule has 1 aromatic carbocycles. The van der Waals surface area contributed by atoms with Gasteiger partial charge in [0.15, 0.2) is 0 Å². The highest BCUT2D eigenvalue weighted by atomic mass is 19.1. The maximum Gasteiger partial charge on any atom is 0.128 e. The molecule has 2 N–H and O–H groups in total. The average molecular weight is 254 g/mol. The molecule has 0 radical (unpaired) electrons. The molecule has 0 aromatic heterocycles. The van der Waals surface area contributed by atoms with Crippen LogP contribution < -0.4 is 10.6 Å². The quantitative estimate of drug-likeness (QED) is 0.844. The molecule has 0 aliphatic heterocycles. The summed E-state index contributed by atoms with van der Waals surface area (Å²) >= 11 is 0. The van der Waals surface area contributed by atoms with Crippen molar-refractivity contribution in [2.45, 2.75) is 25.3 Å². The number of hydrogen-bond acceptors (Lipinski definition) is 2. The molecule has 0 amide bonds. The van der Waals surface area contributed by atoms with Crippen LogP contribution in [0.3, 0.4) is 0 Å². The summed E-state index contributed by atoms with van der Waals surface area (Å²) in [5, 5.41) is 6.34. The molecule has 1 unspecified atom stereocenters. The van der Waals surface area contributed by atoms with E-state index in [4.69, 9.17) is 0 Å². The fourth-order valence-corrected chi connectivity index (χ4v) is 3.08. The molecule has 0 spiro atoms. The Labute approximate surface area is 107 Å². The Hall–Kier alpha value is -1.00. The molecule has 4 heteroatoms. The molecule has 2 nitrogen and oxygen atoms in total. The molecule has 1 aliphatic carbocycles. The third-order valence-corrected chi connectivity index (χ3v) is 4.05. The fourth-order valence-electron chi connectivity index (χ4n) is 3.08. The first-order chi connectivity index (χ1) is 8.63. The van der Waals surface area contributed by atoms with Crippen LogP contribution in [0.25, 0.3) is 0 Å². The Bertz CT molecular complexity index is 416. The van der Waals surface area contributed by atoms with E-state index in [9.17, 15) is 8.78 Å². The van der Waals surface area contributed by atoms with E-state index in [0.717, 1.165) is 31.9 Å². The summed E-state index contributed by atoms with van der Waals surface area (Å²) in [6.45, 7) is 0.814. The number of halogens is 2. The Morgan fingerprint density at radius 1 is 1.28 bits per heavy atom. The number of hydrogen-bond donors (Lipinski definition) is 2. The van der Waals surface area contributed by atoms with E-state index >= 15 is 0 Å². The van der Waals surface area contributed by atoms with Crippen molar-refractivity contribution < 1.29 is 8.78 Å². The predicted molar refractivity (Wildman–Crippen MR) is 68.4 cm³/mol. The van der Waals surface area contributed by atoms with E-state index in [0.29, 0.717) is 5.56 Å². The molecule has 0 saturated heterocycles. The fraction of sp³-hybridized carbons (Fsp3) is 0.571. The SMILES string of the molecule is CNCC1(C(NC)c2cc(F)ccc2F)CCC1. The number of rotatable bonds is 5. The Morgan fingerprint density at radius 3 is 2.50 bits per heavy atom. The lowest BCUT2D eigenvalue weighted by atomic mass is 9.62. The molecule has 0 heterocycles. The van der Waals surface area contributed by atoms with Crippen molar-refractivity contribution in [2.24, 2.45) is 5.41 Å². The van der Waals surface area contributed by atoms with Gasteiger partial charge >= 0.3 is 0 Å². The highest BCUT2D eigenvalue weighted by molar-refractivity contribution is 5.25. The maximum atomic E-state index is 13.9. The molecule has 1 fully saturated rings. The minimum atomic E-state index is -0.384. The molecule has 1 atom stereocenters. The Balaban J connectivity index is 2.35. The first kappa shape index (κ1) is 13.4. The van der Waals surface area contributed by atoms with Crippen molar-refractivity contribution in [2.75, 3.05) is 20.6 Å². The summed E-state index contributed by atoms with van der Waals surface area (Å²) in [5.41, 5.74) is 0.436. The lowest BCUT2D eigenvalue weighted by Gasteiger charge is -2.48. The van der Waals surface area contributed by atoms with E-state index in [1.54, 1.807) is 0 Å². The summed E-state index contributed by atoms with van der Waals surface area (Å²) < 4.78 is 27.2. The van der Waals surface area contributed by atoms with Crippen molar-refractivity contribution in [1.82, 2.24) is 10.6 Å². The molecular weight excluding hydrogens is 234 g/mol. The van der Waals surface area contributed by atoms with Gasteiger partial charge in [0.05, 0.1) is 0 Å². The van der Waals surface area contributed by atoms with E-state index in [1.807, 2.05) is 14.1 Å². The van der Waals surface area contributed by atoms with Gasteiger partial charge < -0.3 is 10.6 Å². The third-order valence-electron chi connectivity index (χ3n) is 4.05. The van der Waals surface area contributed by atoms with Crippen LogP contribution in [0.15, 0.2) is 18.2 Å². The standard InChI is InChI=1S/C14H20F2N2/c1-17-9-14(6-3-7-14)13(18-2)11-8-10(15)4-5-12(11)16/h4-5,8,13,17-18H,3,6-7,9H2,1-2H3. The minimum absolute atomic E-state index is 0.00185. The van der Waals surface area contributed by atoms with E-state index < -0.39 is 0 Å².